The van der Waals surface area contributed by atoms with Gasteiger partial charge in [0.1, 0.15) is 0 Å². The van der Waals surface area contributed by atoms with Gasteiger partial charge in [0.05, 0.1) is 11.4 Å². The summed E-state index contributed by atoms with van der Waals surface area (Å²) in [6.07, 6.45) is 4.08. The molecule has 17 heavy (non-hydrogen) atoms. The maximum Gasteiger partial charge on any atom is 0.503 e. The van der Waals surface area contributed by atoms with E-state index in [1.54, 1.807) is 0 Å². The van der Waals surface area contributed by atoms with Crippen LogP contribution in [0.2, 0.25) is 13.1 Å². The normalized spacial score (nSPS) is 13.8. The monoisotopic (exact) mass is 258 g/mol. The summed E-state index contributed by atoms with van der Waals surface area (Å²) in [7, 11) is -2.26. The highest BCUT2D eigenvalue weighted by atomic mass is 28.4. The van der Waals surface area contributed by atoms with E-state index in [1.807, 2.05) is 26.9 Å². The first-order chi connectivity index (χ1) is 7.91. The van der Waals surface area contributed by atoms with Crippen molar-refractivity contribution >= 4 is 20.0 Å². The Morgan fingerprint density at radius 1 is 0.882 bits per heavy atom. The van der Waals surface area contributed by atoms with Crippen molar-refractivity contribution in [1.29, 1.82) is 0 Å². The highest BCUT2D eigenvalue weighted by Crippen LogP contribution is 2.09. The molecule has 0 amide bonds. The van der Waals surface area contributed by atoms with Crippen molar-refractivity contribution in [3.63, 3.8) is 0 Å². The number of hydrogen-bond acceptors (Lipinski definition) is 4. The summed E-state index contributed by atoms with van der Waals surface area (Å²) in [5.41, 5.74) is 2.01. The van der Waals surface area contributed by atoms with E-state index in [2.05, 4.69) is 24.2 Å². The van der Waals surface area contributed by atoms with Crippen LogP contribution >= 0.6 is 0 Å². The largest absolute Gasteiger partial charge is 0.503 e. The van der Waals surface area contributed by atoms with Gasteiger partial charge in [-0.2, -0.15) is 0 Å². The van der Waals surface area contributed by atoms with Gasteiger partial charge < -0.3 is 9.05 Å². The Balaban J connectivity index is 4.20. The topological polar surface area (TPSA) is 43.2 Å². The quantitative estimate of drug-likeness (QED) is 0.374. The molecule has 0 aromatic carbocycles. The molecule has 0 aromatic rings. The van der Waals surface area contributed by atoms with E-state index in [1.165, 1.54) is 0 Å². The molecule has 0 heterocycles. The first kappa shape index (κ1) is 16.2. The van der Waals surface area contributed by atoms with Crippen molar-refractivity contribution < 1.29 is 9.05 Å². The van der Waals surface area contributed by atoms with E-state index in [-0.39, 0.29) is 0 Å². The van der Waals surface area contributed by atoms with Gasteiger partial charge in [0.2, 0.25) is 0 Å². The van der Waals surface area contributed by atoms with E-state index < -0.39 is 8.56 Å². The van der Waals surface area contributed by atoms with Gasteiger partial charge >= 0.3 is 8.56 Å². The average Bonchev–Trinajstić information content (AvgIpc) is 2.25. The Morgan fingerprint density at radius 3 is 1.53 bits per heavy atom. The van der Waals surface area contributed by atoms with Crippen molar-refractivity contribution in [3.05, 3.63) is 0 Å². The number of hydrogen-bond donors (Lipinski definition) is 0. The molecule has 4 nitrogen and oxygen atoms in total. The van der Waals surface area contributed by atoms with Crippen molar-refractivity contribution in [2.75, 3.05) is 0 Å². The lowest BCUT2D eigenvalue weighted by Gasteiger charge is -2.17. The summed E-state index contributed by atoms with van der Waals surface area (Å²) < 4.78 is 10.9. The Bertz CT molecular complexity index is 250. The smallest absolute Gasteiger partial charge is 0.408 e. The third kappa shape index (κ3) is 8.91. The number of nitrogens with zero attached hydrogens (tertiary/aromatic N) is 2. The first-order valence-corrected chi connectivity index (χ1v) is 9.16. The molecule has 0 atom stereocenters. The molecular weight excluding hydrogens is 232 g/mol. The standard InChI is InChI=1S/C12H26N2O2Si/c1-7-9-11(3)13-15-17(5,6)16-14-12(4)10-8-2/h7-10H2,1-6H3. The molecule has 0 radical (unpaired) electrons. The molecule has 0 aromatic heterocycles. The minimum atomic E-state index is -2.26. The summed E-state index contributed by atoms with van der Waals surface area (Å²) in [5, 5.41) is 8.19. The van der Waals surface area contributed by atoms with E-state index in [0.717, 1.165) is 37.1 Å². The fraction of sp³-hybridized carbons (Fsp3) is 0.833. The van der Waals surface area contributed by atoms with Crippen molar-refractivity contribution in [1.82, 2.24) is 0 Å². The average molecular weight is 258 g/mol. The molecule has 0 spiro atoms. The summed E-state index contributed by atoms with van der Waals surface area (Å²) >= 11 is 0. The SMILES string of the molecule is CCCC(C)=NO[Si](C)(C)ON=C(C)CCC. The minimum Gasteiger partial charge on any atom is -0.408 e. The molecule has 0 saturated carbocycles. The van der Waals surface area contributed by atoms with Gasteiger partial charge in [-0.1, -0.05) is 26.7 Å². The molecular formula is C12H26N2O2Si. The molecule has 0 aliphatic rings. The summed E-state index contributed by atoms with van der Waals surface area (Å²) in [5.74, 6) is 0. The molecule has 5 heteroatoms. The fourth-order valence-electron chi connectivity index (χ4n) is 1.21. The second-order valence-corrected chi connectivity index (χ2v) is 7.90. The Labute approximate surface area is 106 Å². The predicted molar refractivity (Wildman–Crippen MR) is 75.7 cm³/mol. The van der Waals surface area contributed by atoms with Gasteiger partial charge in [-0.05, 0) is 26.7 Å². The van der Waals surface area contributed by atoms with Crippen LogP contribution in [-0.2, 0) is 9.05 Å². The molecule has 0 fully saturated rings. The van der Waals surface area contributed by atoms with Gasteiger partial charge in [0, 0.05) is 13.1 Å². The van der Waals surface area contributed by atoms with E-state index in [0.29, 0.717) is 0 Å². The lowest BCUT2D eigenvalue weighted by atomic mass is 10.2. The molecule has 100 valence electrons. The van der Waals surface area contributed by atoms with Crippen LogP contribution in [0.4, 0.5) is 0 Å². The summed E-state index contributed by atoms with van der Waals surface area (Å²) in [4.78, 5) is 0. The third-order valence-corrected chi connectivity index (χ3v) is 3.13. The highest BCUT2D eigenvalue weighted by Gasteiger charge is 2.29. The van der Waals surface area contributed by atoms with Crippen LogP contribution in [0.5, 0.6) is 0 Å². The minimum absolute atomic E-state index is 0.961. The Kier molecular flexibility index (Phi) is 7.87. The fourth-order valence-corrected chi connectivity index (χ4v) is 1.99. The van der Waals surface area contributed by atoms with Crippen LogP contribution in [0, 0.1) is 0 Å². The van der Waals surface area contributed by atoms with Crippen molar-refractivity contribution in [2.24, 2.45) is 10.3 Å². The summed E-state index contributed by atoms with van der Waals surface area (Å²) in [6.45, 7) is 12.1. The van der Waals surface area contributed by atoms with Crippen LogP contribution in [-0.4, -0.2) is 20.0 Å². The Morgan fingerprint density at radius 2 is 1.24 bits per heavy atom. The van der Waals surface area contributed by atoms with Crippen LogP contribution in [0.3, 0.4) is 0 Å². The second-order valence-electron chi connectivity index (χ2n) is 4.74. The molecule has 0 unspecified atom stereocenters. The van der Waals surface area contributed by atoms with Gasteiger partial charge in [-0.25, -0.2) is 0 Å². The second kappa shape index (κ2) is 8.28. The zero-order valence-corrected chi connectivity index (χ0v) is 13.0. The van der Waals surface area contributed by atoms with Crippen LogP contribution in [0.1, 0.15) is 53.4 Å². The maximum atomic E-state index is 5.47. The summed E-state index contributed by atoms with van der Waals surface area (Å²) in [6, 6.07) is 0. The maximum absolute atomic E-state index is 5.47. The Hall–Kier alpha value is -0.843. The van der Waals surface area contributed by atoms with Crippen LogP contribution in [0.25, 0.3) is 0 Å². The number of rotatable bonds is 8. The zero-order chi connectivity index (χ0) is 13.3. The number of oxime groups is 2. The molecule has 0 rings (SSSR count). The van der Waals surface area contributed by atoms with Gasteiger partial charge in [0.25, 0.3) is 0 Å². The molecule has 0 N–H and O–H groups in total. The van der Waals surface area contributed by atoms with Crippen molar-refractivity contribution in [3.8, 4) is 0 Å². The molecule has 0 aliphatic heterocycles. The van der Waals surface area contributed by atoms with Gasteiger partial charge in [-0.3, -0.25) is 0 Å². The van der Waals surface area contributed by atoms with E-state index >= 15 is 0 Å². The van der Waals surface area contributed by atoms with Gasteiger partial charge in [-0.15, -0.1) is 10.3 Å². The van der Waals surface area contributed by atoms with Crippen LogP contribution < -0.4 is 0 Å². The van der Waals surface area contributed by atoms with Crippen LogP contribution in [0.15, 0.2) is 10.3 Å². The lowest BCUT2D eigenvalue weighted by Crippen LogP contribution is -2.31. The first-order valence-electron chi connectivity index (χ1n) is 6.34. The zero-order valence-electron chi connectivity index (χ0n) is 12.0. The molecule has 0 bridgehead atoms. The molecule has 0 aliphatic carbocycles. The van der Waals surface area contributed by atoms with Gasteiger partial charge in [0.15, 0.2) is 0 Å². The van der Waals surface area contributed by atoms with E-state index in [9.17, 15) is 0 Å². The lowest BCUT2D eigenvalue weighted by molar-refractivity contribution is 0.191. The predicted octanol–water partition coefficient (Wildman–Crippen LogP) is 4.07. The third-order valence-electron chi connectivity index (χ3n) is 2.07. The highest BCUT2D eigenvalue weighted by molar-refractivity contribution is 6.64. The molecule has 0 saturated heterocycles. The van der Waals surface area contributed by atoms with E-state index in [4.69, 9.17) is 9.05 Å². The van der Waals surface area contributed by atoms with Crippen molar-refractivity contribution in [2.45, 2.75) is 66.5 Å².